The predicted octanol–water partition coefficient (Wildman–Crippen LogP) is 2.80. The zero-order valence-corrected chi connectivity index (χ0v) is 14.4. The molecule has 0 fully saturated rings. The van der Waals surface area contributed by atoms with Gasteiger partial charge in [0.15, 0.2) is 17.3 Å². The average molecular weight is 389 g/mol. The van der Waals surface area contributed by atoms with Crippen molar-refractivity contribution in [2.45, 2.75) is 19.8 Å². The van der Waals surface area contributed by atoms with E-state index in [9.17, 15) is 13.6 Å². The van der Waals surface area contributed by atoms with Gasteiger partial charge in [0, 0.05) is 29.2 Å². The Morgan fingerprint density at radius 3 is 2.79 bits per heavy atom. The standard InChI is InChI=1S/C17H13F2N5O4/c1-9-6-10(4-5-20-9)15-22-16(23-24(15)8-14(25)26)21-11-2-3-12-13(7-11)28-17(18,19)27-12/h2-7H,8H2,1H3,(H,21,23)(H,25,26). The molecule has 1 aliphatic rings. The van der Waals surface area contributed by atoms with Gasteiger partial charge in [-0.2, -0.15) is 4.98 Å². The molecule has 4 rings (SSSR count). The van der Waals surface area contributed by atoms with E-state index < -0.39 is 18.8 Å². The number of aliphatic carboxylic acids is 1. The molecule has 3 aromatic rings. The Labute approximate surface area is 156 Å². The second-order valence-corrected chi connectivity index (χ2v) is 5.95. The van der Waals surface area contributed by atoms with Gasteiger partial charge in [-0.1, -0.05) is 0 Å². The maximum Gasteiger partial charge on any atom is 0.586 e. The van der Waals surface area contributed by atoms with Gasteiger partial charge in [0.1, 0.15) is 6.54 Å². The Hall–Kier alpha value is -3.76. The molecule has 0 aliphatic carbocycles. The number of carboxylic acid groups (broad SMARTS) is 1. The highest BCUT2D eigenvalue weighted by molar-refractivity contribution is 5.69. The minimum absolute atomic E-state index is 0.0899. The molecule has 1 aromatic carbocycles. The Balaban J connectivity index is 1.65. The Bertz CT molecular complexity index is 1070. The molecule has 0 radical (unpaired) electrons. The maximum absolute atomic E-state index is 13.1. The zero-order chi connectivity index (χ0) is 19.9. The van der Waals surface area contributed by atoms with Crippen molar-refractivity contribution in [2.24, 2.45) is 0 Å². The number of ether oxygens (including phenoxy) is 2. The van der Waals surface area contributed by atoms with Crippen LogP contribution in [0.1, 0.15) is 5.69 Å². The minimum Gasteiger partial charge on any atom is -0.480 e. The van der Waals surface area contributed by atoms with E-state index in [-0.39, 0.29) is 17.4 Å². The van der Waals surface area contributed by atoms with Crippen LogP contribution < -0.4 is 14.8 Å². The number of pyridine rings is 1. The molecule has 0 unspecified atom stereocenters. The van der Waals surface area contributed by atoms with Crippen molar-refractivity contribution >= 4 is 17.6 Å². The van der Waals surface area contributed by atoms with E-state index in [0.29, 0.717) is 17.1 Å². The first-order chi connectivity index (χ1) is 13.3. The topological polar surface area (TPSA) is 111 Å². The number of nitrogens with one attached hydrogen (secondary N) is 1. The van der Waals surface area contributed by atoms with Crippen LogP contribution in [0.5, 0.6) is 11.5 Å². The fourth-order valence-corrected chi connectivity index (χ4v) is 2.69. The second-order valence-electron chi connectivity index (χ2n) is 5.95. The molecule has 0 atom stereocenters. The van der Waals surface area contributed by atoms with Gasteiger partial charge in [0.2, 0.25) is 5.95 Å². The first kappa shape index (κ1) is 17.6. The second kappa shape index (κ2) is 6.44. The lowest BCUT2D eigenvalue weighted by Crippen LogP contribution is -2.25. The number of hydrogen-bond acceptors (Lipinski definition) is 7. The number of alkyl halides is 2. The lowest BCUT2D eigenvalue weighted by molar-refractivity contribution is -0.286. The van der Waals surface area contributed by atoms with Crippen molar-refractivity contribution in [3.05, 3.63) is 42.2 Å². The van der Waals surface area contributed by atoms with E-state index in [1.807, 2.05) is 0 Å². The SMILES string of the molecule is Cc1cc(-c2nc(Nc3ccc4c(c3)OC(F)(F)O4)nn2CC(=O)O)ccn1. The number of halogens is 2. The molecule has 3 heterocycles. The average Bonchev–Trinajstić information content (AvgIpc) is 3.12. The number of anilines is 2. The summed E-state index contributed by atoms with van der Waals surface area (Å²) in [5, 5.41) is 16.1. The summed E-state index contributed by atoms with van der Waals surface area (Å²) in [6.45, 7) is 1.39. The molecule has 144 valence electrons. The molecular weight excluding hydrogens is 376 g/mol. The van der Waals surface area contributed by atoms with Crippen LogP contribution in [0.3, 0.4) is 0 Å². The van der Waals surface area contributed by atoms with Crippen LogP contribution in [-0.4, -0.2) is 37.1 Å². The Kier molecular flexibility index (Phi) is 4.06. The largest absolute Gasteiger partial charge is 0.586 e. The van der Waals surface area contributed by atoms with E-state index in [4.69, 9.17) is 5.11 Å². The molecule has 2 N–H and O–H groups in total. The maximum atomic E-state index is 13.1. The van der Waals surface area contributed by atoms with Crippen LogP contribution in [0, 0.1) is 6.92 Å². The van der Waals surface area contributed by atoms with Crippen LogP contribution in [0.2, 0.25) is 0 Å². The van der Waals surface area contributed by atoms with E-state index in [2.05, 4.69) is 29.9 Å². The number of rotatable bonds is 5. The van der Waals surface area contributed by atoms with Crippen LogP contribution in [0.15, 0.2) is 36.5 Å². The monoisotopic (exact) mass is 389 g/mol. The molecule has 0 amide bonds. The molecule has 2 aromatic heterocycles. The third kappa shape index (κ3) is 3.54. The van der Waals surface area contributed by atoms with Gasteiger partial charge in [-0.3, -0.25) is 9.78 Å². The fourth-order valence-electron chi connectivity index (χ4n) is 2.69. The molecule has 1 aliphatic heterocycles. The summed E-state index contributed by atoms with van der Waals surface area (Å²) in [6, 6.07) is 7.54. The van der Waals surface area contributed by atoms with Crippen molar-refractivity contribution < 1.29 is 28.2 Å². The summed E-state index contributed by atoms with van der Waals surface area (Å²) in [5.74, 6) is -0.898. The lowest BCUT2D eigenvalue weighted by atomic mass is 10.2. The van der Waals surface area contributed by atoms with Gasteiger partial charge in [-0.15, -0.1) is 13.9 Å². The van der Waals surface area contributed by atoms with Crippen LogP contribution >= 0.6 is 0 Å². The number of carboxylic acids is 1. The lowest BCUT2D eigenvalue weighted by Gasteiger charge is -2.04. The van der Waals surface area contributed by atoms with E-state index in [1.165, 1.54) is 22.9 Å². The molecule has 0 saturated heterocycles. The molecule has 9 nitrogen and oxygen atoms in total. The molecule has 0 bridgehead atoms. The Morgan fingerprint density at radius 2 is 2.04 bits per heavy atom. The number of aryl methyl sites for hydroxylation is 1. The molecule has 0 saturated carbocycles. The van der Waals surface area contributed by atoms with Crippen molar-refractivity contribution in [1.82, 2.24) is 19.7 Å². The highest BCUT2D eigenvalue weighted by atomic mass is 19.3. The van der Waals surface area contributed by atoms with Crippen LogP contribution in [-0.2, 0) is 11.3 Å². The molecule has 11 heteroatoms. The molecular formula is C17H13F2N5O4. The van der Waals surface area contributed by atoms with Gasteiger partial charge >= 0.3 is 12.3 Å². The van der Waals surface area contributed by atoms with Crippen LogP contribution in [0.4, 0.5) is 20.4 Å². The van der Waals surface area contributed by atoms with Gasteiger partial charge in [0.25, 0.3) is 0 Å². The number of fused-ring (bicyclic) bond motifs is 1. The van der Waals surface area contributed by atoms with Gasteiger partial charge in [-0.05, 0) is 31.2 Å². The highest BCUT2D eigenvalue weighted by Crippen LogP contribution is 2.42. The summed E-state index contributed by atoms with van der Waals surface area (Å²) in [6.07, 6.45) is -2.13. The first-order valence-corrected chi connectivity index (χ1v) is 8.06. The van der Waals surface area contributed by atoms with E-state index in [0.717, 1.165) is 5.69 Å². The zero-order valence-electron chi connectivity index (χ0n) is 14.4. The highest BCUT2D eigenvalue weighted by Gasteiger charge is 2.43. The van der Waals surface area contributed by atoms with Gasteiger partial charge in [-0.25, -0.2) is 4.68 Å². The summed E-state index contributed by atoms with van der Waals surface area (Å²) in [4.78, 5) is 19.6. The van der Waals surface area contributed by atoms with Crippen molar-refractivity contribution in [3.8, 4) is 22.9 Å². The van der Waals surface area contributed by atoms with Crippen molar-refractivity contribution in [1.29, 1.82) is 0 Å². The van der Waals surface area contributed by atoms with E-state index in [1.54, 1.807) is 25.3 Å². The van der Waals surface area contributed by atoms with Crippen LogP contribution in [0.25, 0.3) is 11.4 Å². The number of nitrogens with zero attached hydrogens (tertiary/aromatic N) is 4. The van der Waals surface area contributed by atoms with Crippen molar-refractivity contribution in [3.63, 3.8) is 0 Å². The fraction of sp³-hybridized carbons (Fsp3) is 0.176. The number of aromatic nitrogens is 4. The first-order valence-electron chi connectivity index (χ1n) is 8.06. The third-order valence-corrected chi connectivity index (χ3v) is 3.77. The number of hydrogen-bond donors (Lipinski definition) is 2. The predicted molar refractivity (Wildman–Crippen MR) is 91.6 cm³/mol. The number of benzene rings is 1. The summed E-state index contributed by atoms with van der Waals surface area (Å²) in [7, 11) is 0. The minimum atomic E-state index is -3.71. The normalized spacial score (nSPS) is 14.1. The molecule has 28 heavy (non-hydrogen) atoms. The van der Waals surface area contributed by atoms with E-state index >= 15 is 0 Å². The molecule has 0 spiro atoms. The summed E-state index contributed by atoms with van der Waals surface area (Å²) >= 11 is 0. The third-order valence-electron chi connectivity index (χ3n) is 3.77. The quantitative estimate of drug-likeness (QED) is 0.685. The summed E-state index contributed by atoms with van der Waals surface area (Å²) < 4.78 is 36.3. The smallest absolute Gasteiger partial charge is 0.480 e. The number of carbonyl (C=O) groups is 1. The van der Waals surface area contributed by atoms with Gasteiger partial charge < -0.3 is 19.9 Å². The van der Waals surface area contributed by atoms with Gasteiger partial charge in [0.05, 0.1) is 0 Å². The van der Waals surface area contributed by atoms with Crippen molar-refractivity contribution in [2.75, 3.05) is 5.32 Å². The summed E-state index contributed by atoms with van der Waals surface area (Å²) in [5.41, 5.74) is 1.73. The Morgan fingerprint density at radius 1 is 1.25 bits per heavy atom.